The smallest absolute Gasteiger partial charge is 0.419 e. The lowest BCUT2D eigenvalue weighted by Crippen LogP contribution is -2.42. The number of hydrogen-bond donors (Lipinski definition) is 1. The molecule has 1 unspecified atom stereocenters. The fraction of sp³-hybridized carbons (Fsp3) is 0.333. The Morgan fingerprint density at radius 3 is 2.67 bits per heavy atom. The van der Waals surface area contributed by atoms with Gasteiger partial charge in [-0.15, -0.1) is 0 Å². The van der Waals surface area contributed by atoms with Crippen LogP contribution in [0, 0.1) is 11.7 Å². The Kier molecular flexibility index (Phi) is 6.28. The van der Waals surface area contributed by atoms with Crippen molar-refractivity contribution in [2.75, 3.05) is 25.5 Å². The second kappa shape index (κ2) is 8.73. The largest absolute Gasteiger partial charge is 0.481 e. The zero-order valence-electron chi connectivity index (χ0n) is 16.5. The molecular weight excluding hydrogens is 402 g/mol. The first-order chi connectivity index (χ1) is 14.2. The van der Waals surface area contributed by atoms with E-state index in [4.69, 9.17) is 4.74 Å². The maximum atomic E-state index is 13.5. The van der Waals surface area contributed by atoms with Crippen LogP contribution in [0.4, 0.5) is 28.0 Å². The SMILES string of the molecule is COc1ccc(NC(=O)N2CCC(=Cc3ccc(F)c(C(F)(F)F)c3)C(C)C2)cn1. The van der Waals surface area contributed by atoms with Crippen LogP contribution >= 0.6 is 0 Å². The topological polar surface area (TPSA) is 54.5 Å². The van der Waals surface area contributed by atoms with E-state index in [1.807, 2.05) is 6.92 Å². The van der Waals surface area contributed by atoms with Gasteiger partial charge < -0.3 is 15.0 Å². The number of urea groups is 1. The van der Waals surface area contributed by atoms with Crippen LogP contribution in [-0.2, 0) is 6.18 Å². The molecule has 1 saturated heterocycles. The molecule has 1 fully saturated rings. The molecule has 0 aliphatic carbocycles. The normalized spacial score (nSPS) is 18.4. The van der Waals surface area contributed by atoms with Gasteiger partial charge in [-0.2, -0.15) is 13.2 Å². The van der Waals surface area contributed by atoms with Crippen LogP contribution in [0.25, 0.3) is 6.08 Å². The van der Waals surface area contributed by atoms with Crippen molar-refractivity contribution in [3.05, 3.63) is 59.0 Å². The predicted octanol–water partition coefficient (Wildman–Crippen LogP) is 5.21. The van der Waals surface area contributed by atoms with Crippen LogP contribution in [0.1, 0.15) is 24.5 Å². The second-order valence-electron chi connectivity index (χ2n) is 7.07. The number of halogens is 4. The van der Waals surface area contributed by atoms with Gasteiger partial charge >= 0.3 is 12.2 Å². The Hall–Kier alpha value is -3.10. The van der Waals surface area contributed by atoms with E-state index in [0.29, 0.717) is 31.1 Å². The molecule has 1 N–H and O–H groups in total. The Labute approximate surface area is 171 Å². The number of anilines is 1. The number of hydrogen-bond acceptors (Lipinski definition) is 3. The van der Waals surface area contributed by atoms with E-state index in [0.717, 1.165) is 17.7 Å². The predicted molar refractivity (Wildman–Crippen MR) is 105 cm³/mol. The van der Waals surface area contributed by atoms with E-state index in [2.05, 4.69) is 10.3 Å². The van der Waals surface area contributed by atoms with Gasteiger partial charge in [-0.3, -0.25) is 0 Å². The minimum atomic E-state index is -4.75. The van der Waals surface area contributed by atoms with Gasteiger partial charge in [0.05, 0.1) is 24.6 Å². The number of carbonyl (C=O) groups excluding carboxylic acids is 1. The van der Waals surface area contributed by atoms with E-state index < -0.39 is 17.6 Å². The molecule has 0 radical (unpaired) electrons. The number of aromatic nitrogens is 1. The average molecular weight is 423 g/mol. The standard InChI is InChI=1S/C21H21F4N3O2/c1-13-12-28(20(29)27-16-4-6-19(30-2)26-11-16)8-7-15(13)9-14-3-5-18(22)17(10-14)21(23,24)25/h3-6,9-11,13H,7-8,12H2,1-2H3,(H,27,29). The highest BCUT2D eigenvalue weighted by atomic mass is 19.4. The number of amides is 2. The lowest BCUT2D eigenvalue weighted by Gasteiger charge is -2.33. The highest BCUT2D eigenvalue weighted by Crippen LogP contribution is 2.33. The summed E-state index contributed by atoms with van der Waals surface area (Å²) in [7, 11) is 1.50. The molecule has 1 aliphatic rings. The summed E-state index contributed by atoms with van der Waals surface area (Å²) in [6.45, 7) is 2.72. The van der Waals surface area contributed by atoms with Gasteiger partial charge in [0.1, 0.15) is 5.82 Å². The fourth-order valence-corrected chi connectivity index (χ4v) is 3.29. The monoisotopic (exact) mass is 423 g/mol. The van der Waals surface area contributed by atoms with Gasteiger partial charge in [-0.1, -0.05) is 24.6 Å². The van der Waals surface area contributed by atoms with Crippen LogP contribution in [0.15, 0.2) is 42.1 Å². The second-order valence-corrected chi connectivity index (χ2v) is 7.07. The molecular formula is C21H21F4N3O2. The van der Waals surface area contributed by atoms with Crippen molar-refractivity contribution >= 4 is 17.8 Å². The first kappa shape index (κ1) is 21.6. The maximum Gasteiger partial charge on any atom is 0.419 e. The number of ether oxygens (including phenoxy) is 1. The van der Waals surface area contributed by atoms with Crippen molar-refractivity contribution in [1.82, 2.24) is 9.88 Å². The zero-order valence-corrected chi connectivity index (χ0v) is 16.5. The molecule has 30 heavy (non-hydrogen) atoms. The third kappa shape index (κ3) is 5.08. The molecule has 2 heterocycles. The van der Waals surface area contributed by atoms with Gasteiger partial charge in [0.25, 0.3) is 0 Å². The third-order valence-corrected chi connectivity index (χ3v) is 4.93. The fourth-order valence-electron chi connectivity index (χ4n) is 3.29. The maximum absolute atomic E-state index is 13.5. The zero-order chi connectivity index (χ0) is 21.9. The van der Waals surface area contributed by atoms with Crippen LogP contribution in [0.5, 0.6) is 5.88 Å². The van der Waals surface area contributed by atoms with E-state index >= 15 is 0 Å². The molecule has 9 heteroatoms. The molecule has 1 atom stereocenters. The molecule has 1 aliphatic heterocycles. The van der Waals surface area contributed by atoms with Gasteiger partial charge in [0.2, 0.25) is 5.88 Å². The van der Waals surface area contributed by atoms with Crippen LogP contribution in [0.3, 0.4) is 0 Å². The highest BCUT2D eigenvalue weighted by Gasteiger charge is 2.34. The van der Waals surface area contributed by atoms with Gasteiger partial charge in [0.15, 0.2) is 0 Å². The van der Waals surface area contributed by atoms with Gasteiger partial charge in [-0.25, -0.2) is 14.2 Å². The number of likely N-dealkylation sites (tertiary alicyclic amines) is 1. The van der Waals surface area contributed by atoms with E-state index in [-0.39, 0.29) is 17.5 Å². The first-order valence-corrected chi connectivity index (χ1v) is 9.30. The summed E-state index contributed by atoms with van der Waals surface area (Å²) in [5, 5.41) is 2.76. The number of methoxy groups -OCH3 is 1. The number of piperidine rings is 1. The summed E-state index contributed by atoms with van der Waals surface area (Å²) in [6.07, 6.45) is -1.11. The molecule has 2 aromatic rings. The average Bonchev–Trinajstić information content (AvgIpc) is 2.70. The lowest BCUT2D eigenvalue weighted by molar-refractivity contribution is -0.140. The van der Waals surface area contributed by atoms with Crippen molar-refractivity contribution in [3.63, 3.8) is 0 Å². The summed E-state index contributed by atoms with van der Waals surface area (Å²) < 4.78 is 57.2. The Morgan fingerprint density at radius 1 is 1.30 bits per heavy atom. The molecule has 3 rings (SSSR count). The summed E-state index contributed by atoms with van der Waals surface area (Å²) in [6, 6.07) is 5.98. The molecule has 0 spiro atoms. The van der Waals surface area contributed by atoms with Crippen molar-refractivity contribution < 1.29 is 27.1 Å². The van der Waals surface area contributed by atoms with E-state index in [1.54, 1.807) is 23.1 Å². The van der Waals surface area contributed by atoms with Gasteiger partial charge in [-0.05, 0) is 36.1 Å². The van der Waals surface area contributed by atoms with Crippen molar-refractivity contribution in [2.24, 2.45) is 5.92 Å². The number of benzene rings is 1. The lowest BCUT2D eigenvalue weighted by atomic mass is 9.91. The van der Waals surface area contributed by atoms with Crippen molar-refractivity contribution in [2.45, 2.75) is 19.5 Å². The molecule has 1 aromatic heterocycles. The molecule has 1 aromatic carbocycles. The summed E-state index contributed by atoms with van der Waals surface area (Å²) in [5.41, 5.74) is 0.438. The third-order valence-electron chi connectivity index (χ3n) is 4.93. The number of pyridine rings is 1. The van der Waals surface area contributed by atoms with Gasteiger partial charge in [0, 0.05) is 19.2 Å². The summed E-state index contributed by atoms with van der Waals surface area (Å²) in [5.74, 6) is -0.918. The number of alkyl halides is 3. The Morgan fingerprint density at radius 2 is 2.07 bits per heavy atom. The minimum Gasteiger partial charge on any atom is -0.481 e. The van der Waals surface area contributed by atoms with Crippen molar-refractivity contribution in [3.8, 4) is 5.88 Å². The molecule has 0 saturated carbocycles. The molecule has 0 bridgehead atoms. The summed E-state index contributed by atoms with van der Waals surface area (Å²) >= 11 is 0. The molecule has 160 valence electrons. The summed E-state index contributed by atoms with van der Waals surface area (Å²) in [4.78, 5) is 18.2. The van der Waals surface area contributed by atoms with Crippen LogP contribution < -0.4 is 10.1 Å². The first-order valence-electron chi connectivity index (χ1n) is 9.30. The minimum absolute atomic E-state index is 0.0575. The van der Waals surface area contributed by atoms with Crippen molar-refractivity contribution in [1.29, 1.82) is 0 Å². The quantitative estimate of drug-likeness (QED) is 0.690. The number of rotatable bonds is 3. The Bertz CT molecular complexity index is 942. The van der Waals surface area contributed by atoms with E-state index in [1.165, 1.54) is 19.4 Å². The number of nitrogens with zero attached hydrogens (tertiary/aromatic N) is 2. The number of carbonyl (C=O) groups is 1. The Balaban J connectivity index is 1.66. The van der Waals surface area contributed by atoms with Crippen LogP contribution in [0.2, 0.25) is 0 Å². The molecule has 5 nitrogen and oxygen atoms in total. The van der Waals surface area contributed by atoms with E-state index in [9.17, 15) is 22.4 Å². The molecule has 2 amide bonds. The highest BCUT2D eigenvalue weighted by molar-refractivity contribution is 5.89. The number of nitrogens with one attached hydrogen (secondary N) is 1. The van der Waals surface area contributed by atoms with Crippen LogP contribution in [-0.4, -0.2) is 36.1 Å².